The minimum atomic E-state index is -4.09. The van der Waals surface area contributed by atoms with Crippen molar-refractivity contribution < 1.29 is 18.3 Å². The van der Waals surface area contributed by atoms with Crippen LogP contribution in [0.15, 0.2) is 0 Å². The molecule has 3 unspecified atom stereocenters. The molecule has 0 radical (unpaired) electrons. The number of aliphatic hydroxyl groups is 1. The molecule has 0 saturated heterocycles. The molecule has 1 saturated carbocycles. The molecule has 1 aliphatic rings. The van der Waals surface area contributed by atoms with Crippen molar-refractivity contribution in [2.75, 3.05) is 0 Å². The van der Waals surface area contributed by atoms with Crippen molar-refractivity contribution in [1.82, 2.24) is 0 Å². The average molecular weight is 266 g/mol. The van der Waals surface area contributed by atoms with Crippen LogP contribution < -0.4 is 0 Å². The van der Waals surface area contributed by atoms with Gasteiger partial charge in [0.2, 0.25) is 0 Å². The summed E-state index contributed by atoms with van der Waals surface area (Å²) in [5.41, 5.74) is 0.124. The quantitative estimate of drug-likeness (QED) is 0.795. The van der Waals surface area contributed by atoms with Crippen molar-refractivity contribution in [1.29, 1.82) is 0 Å². The molecule has 108 valence electrons. The zero-order valence-corrected chi connectivity index (χ0v) is 11.6. The summed E-state index contributed by atoms with van der Waals surface area (Å²) in [4.78, 5) is 0. The van der Waals surface area contributed by atoms with Gasteiger partial charge in [0.25, 0.3) is 0 Å². The summed E-state index contributed by atoms with van der Waals surface area (Å²) < 4.78 is 38.0. The van der Waals surface area contributed by atoms with E-state index < -0.39 is 18.2 Å². The van der Waals surface area contributed by atoms with E-state index in [4.69, 9.17) is 0 Å². The minimum absolute atomic E-state index is 0.106. The van der Waals surface area contributed by atoms with Gasteiger partial charge in [-0.1, -0.05) is 27.2 Å². The van der Waals surface area contributed by atoms with Crippen LogP contribution in [0.1, 0.15) is 59.3 Å². The Morgan fingerprint density at radius 1 is 1.17 bits per heavy atom. The van der Waals surface area contributed by atoms with Crippen molar-refractivity contribution in [3.8, 4) is 0 Å². The van der Waals surface area contributed by atoms with Crippen LogP contribution in [0.4, 0.5) is 13.2 Å². The molecule has 1 nitrogen and oxygen atoms in total. The molecule has 1 aliphatic carbocycles. The van der Waals surface area contributed by atoms with Crippen molar-refractivity contribution >= 4 is 0 Å². The second-order valence-corrected chi connectivity index (χ2v) is 6.83. The molecule has 0 amide bonds. The first-order chi connectivity index (χ1) is 8.09. The second-order valence-electron chi connectivity index (χ2n) is 6.83. The number of aliphatic hydroxyl groups excluding tert-OH is 1. The van der Waals surface area contributed by atoms with E-state index in [-0.39, 0.29) is 24.2 Å². The third kappa shape index (κ3) is 5.17. The highest BCUT2D eigenvalue weighted by Gasteiger charge is 2.43. The zero-order chi connectivity index (χ0) is 14.0. The molecule has 18 heavy (non-hydrogen) atoms. The van der Waals surface area contributed by atoms with Crippen LogP contribution in [0.5, 0.6) is 0 Å². The molecule has 0 aromatic rings. The van der Waals surface area contributed by atoms with Gasteiger partial charge in [-0.15, -0.1) is 0 Å². The Bertz CT molecular complexity index is 255. The molecule has 0 aromatic heterocycles. The molecule has 0 spiro atoms. The molecule has 0 aliphatic heterocycles. The van der Waals surface area contributed by atoms with Crippen LogP contribution in [0.3, 0.4) is 0 Å². The van der Waals surface area contributed by atoms with E-state index in [1.807, 2.05) is 0 Å². The van der Waals surface area contributed by atoms with Crippen molar-refractivity contribution in [2.45, 2.75) is 71.6 Å². The fourth-order valence-electron chi connectivity index (χ4n) is 2.69. The molecular formula is C14H25F3O. The first-order valence-electron chi connectivity index (χ1n) is 6.84. The molecule has 0 bridgehead atoms. The van der Waals surface area contributed by atoms with Gasteiger partial charge in [0.05, 0.1) is 12.0 Å². The second kappa shape index (κ2) is 5.81. The van der Waals surface area contributed by atoms with E-state index in [1.54, 1.807) is 0 Å². The average Bonchev–Trinajstić information content (AvgIpc) is 2.24. The molecule has 1 N–H and O–H groups in total. The van der Waals surface area contributed by atoms with Crippen LogP contribution in [0, 0.1) is 17.3 Å². The fraction of sp³-hybridized carbons (Fsp3) is 1.00. The standard InChI is InChI=1S/C14H25F3O/c1-13(2,3)8-7-12(18)10-5-4-6-11(9-10)14(15,16)17/h10-12,18H,4-9H2,1-3H3. The minimum Gasteiger partial charge on any atom is -0.393 e. The summed E-state index contributed by atoms with van der Waals surface area (Å²) in [7, 11) is 0. The van der Waals surface area contributed by atoms with Gasteiger partial charge in [-0.2, -0.15) is 13.2 Å². The topological polar surface area (TPSA) is 20.2 Å². The lowest BCUT2D eigenvalue weighted by Gasteiger charge is -2.34. The highest BCUT2D eigenvalue weighted by atomic mass is 19.4. The lowest BCUT2D eigenvalue weighted by atomic mass is 9.76. The summed E-state index contributed by atoms with van der Waals surface area (Å²) in [5, 5.41) is 10.1. The van der Waals surface area contributed by atoms with Crippen LogP contribution in [-0.2, 0) is 0 Å². The monoisotopic (exact) mass is 266 g/mol. The largest absolute Gasteiger partial charge is 0.393 e. The smallest absolute Gasteiger partial charge is 0.391 e. The molecule has 1 rings (SSSR count). The Morgan fingerprint density at radius 3 is 2.28 bits per heavy atom. The predicted octanol–water partition coefficient (Wildman–Crippen LogP) is 4.54. The number of hydrogen-bond acceptors (Lipinski definition) is 1. The van der Waals surface area contributed by atoms with Gasteiger partial charge in [0, 0.05) is 0 Å². The van der Waals surface area contributed by atoms with E-state index in [2.05, 4.69) is 20.8 Å². The van der Waals surface area contributed by atoms with Crippen molar-refractivity contribution in [2.24, 2.45) is 17.3 Å². The summed E-state index contributed by atoms with van der Waals surface area (Å²) in [6.45, 7) is 6.25. The lowest BCUT2D eigenvalue weighted by molar-refractivity contribution is -0.189. The maximum atomic E-state index is 12.7. The number of halogens is 3. The number of hydrogen-bond donors (Lipinski definition) is 1. The van der Waals surface area contributed by atoms with Crippen molar-refractivity contribution in [3.63, 3.8) is 0 Å². The molecule has 3 atom stereocenters. The zero-order valence-electron chi connectivity index (χ0n) is 11.6. The van der Waals surface area contributed by atoms with Crippen molar-refractivity contribution in [3.05, 3.63) is 0 Å². The van der Waals surface area contributed by atoms with E-state index in [0.29, 0.717) is 12.8 Å². The van der Waals surface area contributed by atoms with Gasteiger partial charge in [0.1, 0.15) is 0 Å². The highest BCUT2D eigenvalue weighted by Crippen LogP contribution is 2.41. The maximum absolute atomic E-state index is 12.7. The third-order valence-electron chi connectivity index (χ3n) is 3.91. The molecular weight excluding hydrogens is 241 g/mol. The van der Waals surface area contributed by atoms with Crippen LogP contribution in [0.2, 0.25) is 0 Å². The Balaban J connectivity index is 2.46. The van der Waals surface area contributed by atoms with E-state index in [1.165, 1.54) is 0 Å². The molecule has 4 heteroatoms. The lowest BCUT2D eigenvalue weighted by Crippen LogP contribution is -2.34. The summed E-state index contributed by atoms with van der Waals surface area (Å²) in [6.07, 6.45) is -1.56. The normalized spacial score (nSPS) is 28.2. The summed E-state index contributed by atoms with van der Waals surface area (Å²) >= 11 is 0. The van der Waals surface area contributed by atoms with E-state index >= 15 is 0 Å². The molecule has 0 aromatic carbocycles. The van der Waals surface area contributed by atoms with Gasteiger partial charge in [-0.05, 0) is 43.4 Å². The Labute approximate surface area is 108 Å². The maximum Gasteiger partial charge on any atom is 0.391 e. The Kier molecular flexibility index (Phi) is 5.10. The van der Waals surface area contributed by atoms with Gasteiger partial charge in [0.15, 0.2) is 0 Å². The van der Waals surface area contributed by atoms with Crippen LogP contribution >= 0.6 is 0 Å². The summed E-state index contributed by atoms with van der Waals surface area (Å²) in [6, 6.07) is 0. The van der Waals surface area contributed by atoms with Crippen LogP contribution in [-0.4, -0.2) is 17.4 Å². The number of rotatable bonds is 3. The SMILES string of the molecule is CC(C)(C)CCC(O)C1CCCC(C(F)(F)F)C1. The highest BCUT2D eigenvalue weighted by molar-refractivity contribution is 4.82. The van der Waals surface area contributed by atoms with Gasteiger partial charge in [-0.3, -0.25) is 0 Å². The summed E-state index contributed by atoms with van der Waals surface area (Å²) in [5.74, 6) is -1.38. The first kappa shape index (κ1) is 15.8. The van der Waals surface area contributed by atoms with E-state index in [9.17, 15) is 18.3 Å². The van der Waals surface area contributed by atoms with Gasteiger partial charge in [-0.25, -0.2) is 0 Å². The number of alkyl halides is 3. The van der Waals surface area contributed by atoms with E-state index in [0.717, 1.165) is 12.8 Å². The fourth-order valence-corrected chi connectivity index (χ4v) is 2.69. The third-order valence-corrected chi connectivity index (χ3v) is 3.91. The van der Waals surface area contributed by atoms with Gasteiger partial charge < -0.3 is 5.11 Å². The Morgan fingerprint density at radius 2 is 1.78 bits per heavy atom. The first-order valence-corrected chi connectivity index (χ1v) is 6.84. The van der Waals surface area contributed by atoms with Crippen LogP contribution in [0.25, 0.3) is 0 Å². The predicted molar refractivity (Wildman–Crippen MR) is 66.2 cm³/mol. The molecule has 0 heterocycles. The molecule has 1 fully saturated rings. The Hall–Kier alpha value is -0.250. The van der Waals surface area contributed by atoms with Gasteiger partial charge >= 0.3 is 6.18 Å².